The molecule has 0 unspecified atom stereocenters. The van der Waals surface area contributed by atoms with E-state index in [0.29, 0.717) is 31.8 Å². The van der Waals surface area contributed by atoms with Crippen molar-refractivity contribution in [3.63, 3.8) is 0 Å². The van der Waals surface area contributed by atoms with E-state index in [-0.39, 0.29) is 5.92 Å². The summed E-state index contributed by atoms with van der Waals surface area (Å²) in [5.74, 6) is 1.41. The van der Waals surface area contributed by atoms with Crippen LogP contribution in [0.3, 0.4) is 0 Å². The molecule has 2 aromatic rings. The van der Waals surface area contributed by atoms with Crippen LogP contribution in [0.1, 0.15) is 24.2 Å². The van der Waals surface area contributed by atoms with Gasteiger partial charge in [0.15, 0.2) is 0 Å². The van der Waals surface area contributed by atoms with Crippen molar-refractivity contribution in [3.8, 4) is 0 Å². The molecule has 0 atom stereocenters. The van der Waals surface area contributed by atoms with Crippen LogP contribution in [0.25, 0.3) is 0 Å². The number of anilines is 2. The highest BCUT2D eigenvalue weighted by molar-refractivity contribution is 6.30. The molecule has 138 valence electrons. The molecule has 0 bridgehead atoms. The van der Waals surface area contributed by atoms with Crippen molar-refractivity contribution in [2.45, 2.75) is 26.2 Å². The van der Waals surface area contributed by atoms with E-state index in [0.717, 1.165) is 29.6 Å². The molecule has 1 aliphatic rings. The summed E-state index contributed by atoms with van der Waals surface area (Å²) in [4.78, 5) is 22.2. The van der Waals surface area contributed by atoms with Crippen LogP contribution < -0.4 is 10.2 Å². The lowest BCUT2D eigenvalue weighted by Crippen LogP contribution is -2.37. The third kappa shape index (κ3) is 4.85. The number of benzene rings is 1. The van der Waals surface area contributed by atoms with Gasteiger partial charge in [-0.15, -0.1) is 0 Å². The fourth-order valence-corrected chi connectivity index (χ4v) is 3.27. The van der Waals surface area contributed by atoms with Crippen molar-refractivity contribution in [1.29, 1.82) is 0 Å². The first-order chi connectivity index (χ1) is 12.5. The Morgan fingerprint density at radius 3 is 2.62 bits per heavy atom. The van der Waals surface area contributed by atoms with E-state index in [2.05, 4.69) is 20.2 Å². The first kappa shape index (κ1) is 18.5. The minimum Gasteiger partial charge on any atom is -0.481 e. The molecular weight excluding hydrogens is 352 g/mol. The molecule has 0 amide bonds. The van der Waals surface area contributed by atoms with Crippen LogP contribution in [0, 0.1) is 12.8 Å². The number of nitrogens with one attached hydrogen (secondary N) is 1. The first-order valence-corrected chi connectivity index (χ1v) is 9.21. The SMILES string of the molecule is Cc1nc(NCCc2ccc(Cl)cc2)cc(N2CCC(C(=O)O)CC2)n1. The minimum absolute atomic E-state index is 0.244. The molecule has 1 aromatic heterocycles. The molecule has 2 heterocycles. The Labute approximate surface area is 158 Å². The van der Waals surface area contributed by atoms with Crippen LogP contribution in [0.2, 0.25) is 5.02 Å². The second-order valence-corrected chi connectivity index (χ2v) is 7.00. The monoisotopic (exact) mass is 374 g/mol. The van der Waals surface area contributed by atoms with Crippen molar-refractivity contribution < 1.29 is 9.90 Å². The lowest BCUT2D eigenvalue weighted by molar-refractivity contribution is -0.142. The van der Waals surface area contributed by atoms with E-state index in [4.69, 9.17) is 16.7 Å². The third-order valence-corrected chi connectivity index (χ3v) is 4.88. The summed E-state index contributed by atoms with van der Waals surface area (Å²) in [6.07, 6.45) is 2.18. The van der Waals surface area contributed by atoms with Gasteiger partial charge in [-0.2, -0.15) is 0 Å². The van der Waals surface area contributed by atoms with E-state index in [9.17, 15) is 4.79 Å². The maximum Gasteiger partial charge on any atom is 0.306 e. The Hall–Kier alpha value is -2.34. The Morgan fingerprint density at radius 1 is 1.27 bits per heavy atom. The molecule has 2 N–H and O–H groups in total. The lowest BCUT2D eigenvalue weighted by Gasteiger charge is -2.31. The summed E-state index contributed by atoms with van der Waals surface area (Å²) in [6.45, 7) is 4.05. The molecule has 0 radical (unpaired) electrons. The maximum atomic E-state index is 11.1. The van der Waals surface area contributed by atoms with Crippen molar-refractivity contribution >= 4 is 29.2 Å². The largest absolute Gasteiger partial charge is 0.481 e. The Balaban J connectivity index is 1.59. The predicted molar refractivity (Wildman–Crippen MR) is 103 cm³/mol. The van der Waals surface area contributed by atoms with Crippen molar-refractivity contribution in [2.24, 2.45) is 5.92 Å². The van der Waals surface area contributed by atoms with E-state index in [1.54, 1.807) is 0 Å². The van der Waals surface area contributed by atoms with E-state index in [1.807, 2.05) is 37.3 Å². The number of carboxylic acid groups (broad SMARTS) is 1. The molecule has 1 saturated heterocycles. The quantitative estimate of drug-likeness (QED) is 0.806. The molecular formula is C19H23ClN4O2. The first-order valence-electron chi connectivity index (χ1n) is 8.83. The summed E-state index contributed by atoms with van der Waals surface area (Å²) < 4.78 is 0. The highest BCUT2D eigenvalue weighted by atomic mass is 35.5. The maximum absolute atomic E-state index is 11.1. The highest BCUT2D eigenvalue weighted by Crippen LogP contribution is 2.23. The second-order valence-electron chi connectivity index (χ2n) is 6.56. The molecule has 1 aliphatic heterocycles. The topological polar surface area (TPSA) is 78.4 Å². The van der Waals surface area contributed by atoms with Crippen LogP contribution in [0.4, 0.5) is 11.6 Å². The van der Waals surface area contributed by atoms with Gasteiger partial charge in [0.1, 0.15) is 17.5 Å². The van der Waals surface area contributed by atoms with Gasteiger partial charge in [0.2, 0.25) is 0 Å². The van der Waals surface area contributed by atoms with Crippen molar-refractivity contribution in [2.75, 3.05) is 29.9 Å². The zero-order chi connectivity index (χ0) is 18.5. The number of carboxylic acids is 1. The standard InChI is InChI=1S/C19H23ClN4O2/c1-13-22-17(21-9-6-14-2-4-16(20)5-3-14)12-18(23-13)24-10-7-15(8-11-24)19(25)26/h2-5,12,15H,6-11H2,1H3,(H,25,26)(H,21,22,23). The molecule has 0 saturated carbocycles. The van der Waals surface area contributed by atoms with Crippen LogP contribution in [0.15, 0.2) is 30.3 Å². The summed E-state index contributed by atoms with van der Waals surface area (Å²) in [7, 11) is 0. The second kappa shape index (κ2) is 8.36. The highest BCUT2D eigenvalue weighted by Gasteiger charge is 2.25. The predicted octanol–water partition coefficient (Wildman–Crippen LogP) is 3.39. The Morgan fingerprint density at radius 2 is 1.96 bits per heavy atom. The average molecular weight is 375 g/mol. The molecule has 1 aromatic carbocycles. The number of aliphatic carboxylic acids is 1. The summed E-state index contributed by atoms with van der Waals surface area (Å²) in [6, 6.07) is 9.77. The number of piperidine rings is 1. The zero-order valence-corrected chi connectivity index (χ0v) is 15.5. The molecule has 1 fully saturated rings. The third-order valence-electron chi connectivity index (χ3n) is 4.63. The van der Waals surface area contributed by atoms with Gasteiger partial charge in [-0.25, -0.2) is 9.97 Å². The van der Waals surface area contributed by atoms with Gasteiger partial charge in [-0.05, 0) is 43.9 Å². The number of hydrogen-bond acceptors (Lipinski definition) is 5. The number of nitrogens with zero attached hydrogens (tertiary/aromatic N) is 3. The van der Waals surface area contributed by atoms with Gasteiger partial charge in [0.25, 0.3) is 0 Å². The van der Waals surface area contributed by atoms with E-state index < -0.39 is 5.97 Å². The van der Waals surface area contributed by atoms with Gasteiger partial charge in [-0.1, -0.05) is 23.7 Å². The number of carbonyl (C=O) groups is 1. The summed E-state index contributed by atoms with van der Waals surface area (Å²) in [5.41, 5.74) is 1.21. The van der Waals surface area contributed by atoms with Crippen molar-refractivity contribution in [1.82, 2.24) is 9.97 Å². The fourth-order valence-electron chi connectivity index (χ4n) is 3.15. The molecule has 0 aliphatic carbocycles. The van der Waals surface area contributed by atoms with Gasteiger partial charge >= 0.3 is 5.97 Å². The zero-order valence-electron chi connectivity index (χ0n) is 14.8. The molecule has 0 spiro atoms. The number of hydrogen-bond donors (Lipinski definition) is 2. The lowest BCUT2D eigenvalue weighted by atomic mass is 9.97. The van der Waals surface area contributed by atoms with Gasteiger partial charge in [0.05, 0.1) is 5.92 Å². The van der Waals surface area contributed by atoms with Crippen LogP contribution in [-0.2, 0) is 11.2 Å². The molecule has 6 nitrogen and oxygen atoms in total. The van der Waals surface area contributed by atoms with Crippen molar-refractivity contribution in [3.05, 3.63) is 46.7 Å². The number of aromatic nitrogens is 2. The molecule has 7 heteroatoms. The molecule has 3 rings (SSSR count). The Bertz CT molecular complexity index is 759. The van der Waals surface area contributed by atoms with Gasteiger partial charge < -0.3 is 15.3 Å². The van der Waals surface area contributed by atoms with E-state index in [1.165, 1.54) is 5.56 Å². The number of halogens is 1. The number of rotatable bonds is 6. The summed E-state index contributed by atoms with van der Waals surface area (Å²) >= 11 is 5.91. The fraction of sp³-hybridized carbons (Fsp3) is 0.421. The smallest absolute Gasteiger partial charge is 0.306 e. The minimum atomic E-state index is -0.701. The normalized spacial score (nSPS) is 15.1. The van der Waals surface area contributed by atoms with Gasteiger partial charge in [0, 0.05) is 30.7 Å². The summed E-state index contributed by atoms with van der Waals surface area (Å²) in [5, 5.41) is 13.2. The van der Waals surface area contributed by atoms with Gasteiger partial charge in [-0.3, -0.25) is 4.79 Å². The Kier molecular flexibility index (Phi) is 5.93. The number of aryl methyl sites for hydroxylation is 1. The molecule has 26 heavy (non-hydrogen) atoms. The van der Waals surface area contributed by atoms with Crippen LogP contribution >= 0.6 is 11.6 Å². The van der Waals surface area contributed by atoms with Crippen LogP contribution in [0.5, 0.6) is 0 Å². The average Bonchev–Trinajstić information content (AvgIpc) is 2.63. The van der Waals surface area contributed by atoms with E-state index >= 15 is 0 Å². The van der Waals surface area contributed by atoms with Crippen LogP contribution in [-0.4, -0.2) is 40.7 Å².